The largest absolute Gasteiger partial charge is 0.478 e. The van der Waals surface area contributed by atoms with Gasteiger partial charge in [0.1, 0.15) is 0 Å². The molecule has 0 heterocycles. The maximum atomic E-state index is 9.60. The highest BCUT2D eigenvalue weighted by atomic mass is 32.2. The lowest BCUT2D eigenvalue weighted by atomic mass is 10.4. The van der Waals surface area contributed by atoms with Gasteiger partial charge in [0, 0.05) is 16.2 Å². The summed E-state index contributed by atoms with van der Waals surface area (Å²) in [6.45, 7) is 4.60. The van der Waals surface area contributed by atoms with Crippen LogP contribution in [0.2, 0.25) is 0 Å². The predicted octanol–water partition coefficient (Wildman–Crippen LogP) is 3.36. The lowest BCUT2D eigenvalue weighted by Crippen LogP contribution is -1.92. The molecule has 0 spiro atoms. The molecule has 0 fully saturated rings. The summed E-state index contributed by atoms with van der Waals surface area (Å²) < 4.78 is 0. The highest BCUT2D eigenvalue weighted by Gasteiger charge is 1.90. The second kappa shape index (κ2) is 9.36. The summed E-state index contributed by atoms with van der Waals surface area (Å²) in [5.41, 5.74) is 0.176. The van der Waals surface area contributed by atoms with Gasteiger partial charge in [0.15, 0.2) is 0 Å². The Kier molecular flexibility index (Phi) is 8.85. The third-order valence-electron chi connectivity index (χ3n) is 1.47. The highest BCUT2D eigenvalue weighted by molar-refractivity contribution is 8.00. The lowest BCUT2D eigenvalue weighted by molar-refractivity contribution is -0.132. The molecule has 0 aromatic heterocycles. The van der Waals surface area contributed by atoms with Crippen molar-refractivity contribution in [3.05, 3.63) is 42.5 Å². The van der Waals surface area contributed by atoms with Gasteiger partial charge in [0.2, 0.25) is 0 Å². The first-order chi connectivity index (χ1) is 7.57. The molecule has 0 amide bonds. The minimum Gasteiger partial charge on any atom is -0.478 e. The van der Waals surface area contributed by atoms with Crippen molar-refractivity contribution in [2.45, 2.75) is 11.8 Å². The Morgan fingerprint density at radius 2 is 1.94 bits per heavy atom. The van der Waals surface area contributed by atoms with E-state index in [2.05, 4.69) is 43.5 Å². The third-order valence-corrected chi connectivity index (χ3v) is 3.01. The van der Waals surface area contributed by atoms with Gasteiger partial charge in [0.05, 0.1) is 0 Å². The van der Waals surface area contributed by atoms with Crippen LogP contribution >= 0.6 is 24.4 Å². The van der Waals surface area contributed by atoms with E-state index in [1.807, 2.05) is 17.8 Å². The second-order valence-corrected chi connectivity index (χ2v) is 4.59. The van der Waals surface area contributed by atoms with Crippen molar-refractivity contribution >= 4 is 30.4 Å². The molecule has 0 saturated carbocycles. The number of thioether (sulfide) groups is 1. The number of carbonyl (C=O) groups is 1. The fourth-order valence-electron chi connectivity index (χ4n) is 0.680. The van der Waals surface area contributed by atoms with E-state index in [0.29, 0.717) is 0 Å². The van der Waals surface area contributed by atoms with Crippen molar-refractivity contribution < 1.29 is 9.90 Å². The van der Waals surface area contributed by atoms with E-state index in [1.165, 1.54) is 11.8 Å². The summed E-state index contributed by atoms with van der Waals surface area (Å²) in [4.78, 5) is 10.9. The minimum absolute atomic E-state index is 0.176. The summed E-state index contributed by atoms with van der Waals surface area (Å²) >= 11 is 5.97. The molecule has 1 rings (SSSR count). The topological polar surface area (TPSA) is 37.3 Å². The van der Waals surface area contributed by atoms with Gasteiger partial charge in [-0.15, -0.1) is 11.8 Å². The average Bonchev–Trinajstić information content (AvgIpc) is 2.28. The number of thiol groups is 1. The molecule has 1 N–H and O–H groups in total. The number of aliphatic carboxylic acids is 1. The Labute approximate surface area is 106 Å². The zero-order valence-electron chi connectivity index (χ0n) is 9.22. The molecular weight excluding hydrogens is 240 g/mol. The SMILES string of the molecule is C=C(C)C(=O)O.SCCSc1ccccc1. The van der Waals surface area contributed by atoms with Gasteiger partial charge in [-0.25, -0.2) is 4.79 Å². The summed E-state index contributed by atoms with van der Waals surface area (Å²) in [6.07, 6.45) is 0. The molecule has 1 aromatic rings. The summed E-state index contributed by atoms with van der Waals surface area (Å²) in [6, 6.07) is 10.4. The molecule has 0 aliphatic carbocycles. The summed E-state index contributed by atoms with van der Waals surface area (Å²) in [5.74, 6) is 1.10. The Balaban J connectivity index is 0.000000325. The Morgan fingerprint density at radius 3 is 2.31 bits per heavy atom. The molecule has 2 nitrogen and oxygen atoms in total. The molecule has 1 aromatic carbocycles. The maximum Gasteiger partial charge on any atom is 0.330 e. The average molecular weight is 256 g/mol. The molecule has 88 valence electrons. The van der Waals surface area contributed by atoms with Crippen molar-refractivity contribution in [2.75, 3.05) is 11.5 Å². The number of rotatable bonds is 4. The van der Waals surface area contributed by atoms with Crippen LogP contribution in [0.4, 0.5) is 0 Å². The normalized spacial score (nSPS) is 8.88. The van der Waals surface area contributed by atoms with Crippen molar-refractivity contribution in [3.63, 3.8) is 0 Å². The molecule has 0 saturated heterocycles. The summed E-state index contributed by atoms with van der Waals surface area (Å²) in [7, 11) is 0. The first-order valence-electron chi connectivity index (χ1n) is 4.75. The number of carboxylic acid groups (broad SMARTS) is 1. The van der Waals surface area contributed by atoms with Gasteiger partial charge in [-0.1, -0.05) is 24.8 Å². The van der Waals surface area contributed by atoms with Crippen molar-refractivity contribution in [1.29, 1.82) is 0 Å². The number of hydrogen-bond donors (Lipinski definition) is 2. The van der Waals surface area contributed by atoms with Crippen molar-refractivity contribution in [3.8, 4) is 0 Å². The third kappa shape index (κ3) is 8.44. The zero-order chi connectivity index (χ0) is 12.4. The van der Waals surface area contributed by atoms with Gasteiger partial charge in [-0.2, -0.15) is 12.6 Å². The molecule has 0 aliphatic rings. The fraction of sp³-hybridized carbons (Fsp3) is 0.250. The Morgan fingerprint density at radius 1 is 1.44 bits per heavy atom. The Hall–Kier alpha value is -0.870. The molecule has 0 atom stereocenters. The van der Waals surface area contributed by atoms with Crippen LogP contribution < -0.4 is 0 Å². The minimum atomic E-state index is -0.935. The van der Waals surface area contributed by atoms with E-state index >= 15 is 0 Å². The quantitative estimate of drug-likeness (QED) is 0.493. The molecule has 0 radical (unpaired) electrons. The van der Waals surface area contributed by atoms with Crippen molar-refractivity contribution in [2.24, 2.45) is 0 Å². The predicted molar refractivity (Wildman–Crippen MR) is 73.5 cm³/mol. The molecule has 16 heavy (non-hydrogen) atoms. The smallest absolute Gasteiger partial charge is 0.330 e. The van der Waals surface area contributed by atoms with Crippen LogP contribution in [0.15, 0.2) is 47.4 Å². The first-order valence-corrected chi connectivity index (χ1v) is 6.37. The van der Waals surface area contributed by atoms with E-state index in [9.17, 15) is 4.79 Å². The van der Waals surface area contributed by atoms with Crippen LogP contribution in [-0.2, 0) is 4.79 Å². The number of hydrogen-bond acceptors (Lipinski definition) is 3. The molecule has 0 bridgehead atoms. The molecular formula is C12H16O2S2. The number of carboxylic acids is 1. The molecule has 0 aliphatic heterocycles. The van der Waals surface area contributed by atoms with Gasteiger partial charge >= 0.3 is 5.97 Å². The fourth-order valence-corrected chi connectivity index (χ4v) is 1.63. The van der Waals surface area contributed by atoms with E-state index in [1.54, 1.807) is 0 Å². The monoisotopic (exact) mass is 256 g/mol. The molecule has 4 heteroatoms. The van der Waals surface area contributed by atoms with Gasteiger partial charge in [-0.05, 0) is 24.8 Å². The molecule has 0 unspecified atom stereocenters. The van der Waals surface area contributed by atoms with E-state index in [-0.39, 0.29) is 5.57 Å². The van der Waals surface area contributed by atoms with Crippen LogP contribution in [0, 0.1) is 0 Å². The van der Waals surface area contributed by atoms with Gasteiger partial charge < -0.3 is 5.11 Å². The van der Waals surface area contributed by atoms with Crippen LogP contribution in [0.3, 0.4) is 0 Å². The van der Waals surface area contributed by atoms with Gasteiger partial charge in [0.25, 0.3) is 0 Å². The van der Waals surface area contributed by atoms with E-state index in [0.717, 1.165) is 11.5 Å². The van der Waals surface area contributed by atoms with Crippen LogP contribution in [-0.4, -0.2) is 22.6 Å². The highest BCUT2D eigenvalue weighted by Crippen LogP contribution is 2.16. The van der Waals surface area contributed by atoms with Crippen LogP contribution in [0.25, 0.3) is 0 Å². The lowest BCUT2D eigenvalue weighted by Gasteiger charge is -1.95. The van der Waals surface area contributed by atoms with Gasteiger partial charge in [-0.3, -0.25) is 0 Å². The Bertz CT molecular complexity index is 311. The van der Waals surface area contributed by atoms with Crippen LogP contribution in [0.5, 0.6) is 0 Å². The number of benzene rings is 1. The second-order valence-electron chi connectivity index (χ2n) is 2.97. The van der Waals surface area contributed by atoms with Crippen LogP contribution in [0.1, 0.15) is 6.92 Å². The van der Waals surface area contributed by atoms with E-state index in [4.69, 9.17) is 5.11 Å². The van der Waals surface area contributed by atoms with E-state index < -0.39 is 5.97 Å². The maximum absolute atomic E-state index is 9.60. The first kappa shape index (κ1) is 15.1. The summed E-state index contributed by atoms with van der Waals surface area (Å²) in [5, 5.41) is 7.89. The zero-order valence-corrected chi connectivity index (χ0v) is 10.9. The van der Waals surface area contributed by atoms with Crippen molar-refractivity contribution in [1.82, 2.24) is 0 Å². The standard InChI is InChI=1S/C8H10S2.C4H6O2/c9-6-7-10-8-4-2-1-3-5-8;1-3(2)4(5)6/h1-5,9H,6-7H2;1H2,2H3,(H,5,6).